The molecule has 0 heterocycles. The van der Waals surface area contributed by atoms with Crippen molar-refractivity contribution >= 4 is 0 Å². The van der Waals surface area contributed by atoms with Gasteiger partial charge in [-0.05, 0) is 24.3 Å². The van der Waals surface area contributed by atoms with Crippen LogP contribution in [0.1, 0.15) is 0 Å². The summed E-state index contributed by atoms with van der Waals surface area (Å²) in [6.45, 7) is 5.66. The largest absolute Gasteiger partial charge is 0.491 e. The van der Waals surface area contributed by atoms with Crippen LogP contribution in [0.4, 0.5) is 4.39 Å². The molecule has 1 rings (SSSR count). The molecule has 0 aliphatic carbocycles. The highest BCUT2D eigenvalue weighted by molar-refractivity contribution is 5.21. The first kappa shape index (κ1) is 15.6. The molecule has 1 atom stereocenters. The Bertz CT molecular complexity index is 356. The summed E-state index contributed by atoms with van der Waals surface area (Å²) in [6.07, 6.45) is 1.18. The molecule has 0 aliphatic rings. The molecule has 19 heavy (non-hydrogen) atoms. The van der Waals surface area contributed by atoms with Gasteiger partial charge in [0, 0.05) is 13.1 Å². The lowest BCUT2D eigenvalue weighted by atomic mass is 10.3. The monoisotopic (exact) mass is 269 g/mol. The van der Waals surface area contributed by atoms with Crippen molar-refractivity contribution in [1.82, 2.24) is 5.32 Å². The molecule has 4 nitrogen and oxygen atoms in total. The summed E-state index contributed by atoms with van der Waals surface area (Å²) < 4.78 is 23.2. The van der Waals surface area contributed by atoms with Gasteiger partial charge in [-0.2, -0.15) is 0 Å². The summed E-state index contributed by atoms with van der Waals surface area (Å²) in [5.41, 5.74) is 0. The molecular formula is C14H20FNO3. The SMILES string of the molecule is C=CCNC[C@@H](O)COCCOc1ccc(F)cc1. The number of halogens is 1. The van der Waals surface area contributed by atoms with E-state index in [4.69, 9.17) is 9.47 Å². The molecule has 106 valence electrons. The lowest BCUT2D eigenvalue weighted by molar-refractivity contribution is 0.0255. The predicted molar refractivity (Wildman–Crippen MR) is 71.8 cm³/mol. The highest BCUT2D eigenvalue weighted by Gasteiger charge is 2.02. The zero-order valence-corrected chi connectivity index (χ0v) is 10.8. The third-order valence-corrected chi connectivity index (χ3v) is 2.29. The Labute approximate surface area is 112 Å². The topological polar surface area (TPSA) is 50.7 Å². The van der Waals surface area contributed by atoms with Gasteiger partial charge in [-0.3, -0.25) is 0 Å². The maximum absolute atomic E-state index is 12.6. The zero-order valence-electron chi connectivity index (χ0n) is 10.8. The van der Waals surface area contributed by atoms with Crippen LogP contribution in [-0.2, 0) is 4.74 Å². The third-order valence-electron chi connectivity index (χ3n) is 2.29. The van der Waals surface area contributed by atoms with E-state index in [1.54, 1.807) is 18.2 Å². The van der Waals surface area contributed by atoms with E-state index in [-0.39, 0.29) is 12.4 Å². The zero-order chi connectivity index (χ0) is 13.9. The quantitative estimate of drug-likeness (QED) is 0.497. The third kappa shape index (κ3) is 7.56. The number of rotatable bonds is 10. The van der Waals surface area contributed by atoms with Crippen LogP contribution in [0.25, 0.3) is 0 Å². The summed E-state index contributed by atoms with van der Waals surface area (Å²) in [7, 11) is 0. The minimum absolute atomic E-state index is 0.247. The van der Waals surface area contributed by atoms with Crippen molar-refractivity contribution in [3.05, 3.63) is 42.7 Å². The summed E-state index contributed by atoms with van der Waals surface area (Å²) in [5, 5.41) is 12.5. The highest BCUT2D eigenvalue weighted by Crippen LogP contribution is 2.10. The van der Waals surface area contributed by atoms with Gasteiger partial charge in [-0.25, -0.2) is 4.39 Å². The highest BCUT2D eigenvalue weighted by atomic mass is 19.1. The van der Waals surface area contributed by atoms with Crippen LogP contribution in [0.2, 0.25) is 0 Å². The first-order chi connectivity index (χ1) is 9.22. The number of nitrogens with one attached hydrogen (secondary N) is 1. The van der Waals surface area contributed by atoms with Gasteiger partial charge in [0.15, 0.2) is 0 Å². The Morgan fingerprint density at radius 3 is 2.74 bits per heavy atom. The molecule has 1 aromatic rings. The molecule has 0 aromatic heterocycles. The van der Waals surface area contributed by atoms with Crippen molar-refractivity contribution in [2.75, 3.05) is 32.9 Å². The van der Waals surface area contributed by atoms with Gasteiger partial charge in [0.1, 0.15) is 18.2 Å². The summed E-state index contributed by atoms with van der Waals surface area (Å²) in [5.74, 6) is 0.303. The number of aliphatic hydroxyl groups excluding tert-OH is 1. The van der Waals surface area contributed by atoms with E-state index in [2.05, 4.69) is 11.9 Å². The fourth-order valence-electron chi connectivity index (χ4n) is 1.38. The molecule has 1 aromatic carbocycles. The molecule has 0 saturated carbocycles. The minimum Gasteiger partial charge on any atom is -0.491 e. The van der Waals surface area contributed by atoms with Crippen molar-refractivity contribution in [1.29, 1.82) is 0 Å². The average Bonchev–Trinajstić information content (AvgIpc) is 2.41. The van der Waals surface area contributed by atoms with Crippen LogP contribution >= 0.6 is 0 Å². The fraction of sp³-hybridized carbons (Fsp3) is 0.429. The first-order valence-electron chi connectivity index (χ1n) is 6.18. The molecule has 2 N–H and O–H groups in total. The Kier molecular flexibility index (Phi) is 7.81. The number of hydrogen-bond donors (Lipinski definition) is 2. The van der Waals surface area contributed by atoms with E-state index >= 15 is 0 Å². The van der Waals surface area contributed by atoms with E-state index in [9.17, 15) is 9.50 Å². The van der Waals surface area contributed by atoms with Crippen LogP contribution in [-0.4, -0.2) is 44.1 Å². The van der Waals surface area contributed by atoms with E-state index in [1.165, 1.54) is 12.1 Å². The van der Waals surface area contributed by atoms with Crippen LogP contribution in [0, 0.1) is 5.82 Å². The molecular weight excluding hydrogens is 249 g/mol. The van der Waals surface area contributed by atoms with Crippen molar-refractivity contribution < 1.29 is 19.0 Å². The van der Waals surface area contributed by atoms with Crippen molar-refractivity contribution in [2.24, 2.45) is 0 Å². The first-order valence-corrected chi connectivity index (χ1v) is 6.18. The van der Waals surface area contributed by atoms with Gasteiger partial charge in [-0.15, -0.1) is 6.58 Å². The second kappa shape index (κ2) is 9.49. The Morgan fingerprint density at radius 2 is 2.05 bits per heavy atom. The van der Waals surface area contributed by atoms with Crippen molar-refractivity contribution in [3.63, 3.8) is 0 Å². The standard InChI is InChI=1S/C14H20FNO3/c1-2-7-16-10-13(17)11-18-8-9-19-14-5-3-12(15)4-6-14/h2-6,13,16-17H,1,7-11H2/t13-/m1/s1. The van der Waals surface area contributed by atoms with Gasteiger partial charge in [0.2, 0.25) is 0 Å². The second-order valence-corrected chi connectivity index (χ2v) is 3.98. The minimum atomic E-state index is -0.550. The average molecular weight is 269 g/mol. The maximum atomic E-state index is 12.6. The van der Waals surface area contributed by atoms with E-state index in [1.807, 2.05) is 0 Å². The van der Waals surface area contributed by atoms with Gasteiger partial charge in [-0.1, -0.05) is 6.08 Å². The molecule has 0 spiro atoms. The molecule has 0 bridgehead atoms. The molecule has 5 heteroatoms. The maximum Gasteiger partial charge on any atom is 0.123 e. The molecule has 0 amide bonds. The number of aliphatic hydroxyl groups is 1. The Morgan fingerprint density at radius 1 is 1.32 bits per heavy atom. The van der Waals surface area contributed by atoms with Gasteiger partial charge in [0.25, 0.3) is 0 Å². The molecule has 0 radical (unpaired) electrons. The van der Waals surface area contributed by atoms with Gasteiger partial charge >= 0.3 is 0 Å². The summed E-state index contributed by atoms with van der Waals surface area (Å²) >= 11 is 0. The smallest absolute Gasteiger partial charge is 0.123 e. The number of ether oxygens (including phenoxy) is 2. The Hall–Kier alpha value is -1.43. The molecule has 0 unspecified atom stereocenters. The predicted octanol–water partition coefficient (Wildman–Crippen LogP) is 1.36. The Balaban J connectivity index is 2.01. The lowest BCUT2D eigenvalue weighted by Gasteiger charge is -2.12. The molecule has 0 saturated heterocycles. The normalized spacial score (nSPS) is 12.1. The number of hydrogen-bond acceptors (Lipinski definition) is 4. The van der Waals surface area contributed by atoms with E-state index in [0.717, 1.165) is 0 Å². The number of benzene rings is 1. The van der Waals surface area contributed by atoms with Crippen molar-refractivity contribution in [3.8, 4) is 5.75 Å². The lowest BCUT2D eigenvalue weighted by Crippen LogP contribution is -2.30. The molecule has 0 aliphatic heterocycles. The van der Waals surface area contributed by atoms with Crippen LogP contribution in [0.5, 0.6) is 5.75 Å². The summed E-state index contributed by atoms with van der Waals surface area (Å²) in [6, 6.07) is 5.79. The van der Waals surface area contributed by atoms with E-state index in [0.29, 0.717) is 32.1 Å². The second-order valence-electron chi connectivity index (χ2n) is 3.98. The van der Waals surface area contributed by atoms with Crippen LogP contribution in [0.3, 0.4) is 0 Å². The van der Waals surface area contributed by atoms with Crippen LogP contribution in [0.15, 0.2) is 36.9 Å². The van der Waals surface area contributed by atoms with Crippen LogP contribution < -0.4 is 10.1 Å². The van der Waals surface area contributed by atoms with Gasteiger partial charge in [0.05, 0.1) is 19.3 Å². The molecule has 0 fully saturated rings. The fourth-order valence-corrected chi connectivity index (χ4v) is 1.38. The van der Waals surface area contributed by atoms with Gasteiger partial charge < -0.3 is 19.9 Å². The van der Waals surface area contributed by atoms with Crippen molar-refractivity contribution in [2.45, 2.75) is 6.10 Å². The van der Waals surface area contributed by atoms with E-state index < -0.39 is 6.10 Å². The summed E-state index contributed by atoms with van der Waals surface area (Å²) in [4.78, 5) is 0.